The fourth-order valence-corrected chi connectivity index (χ4v) is 12.4. The number of unbranched alkanes of at least 4 members (excludes halogenated alkanes) is 14. The Morgan fingerprint density at radius 3 is 1.98 bits per heavy atom. The summed E-state index contributed by atoms with van der Waals surface area (Å²) in [5, 5.41) is 0. The zero-order chi connectivity index (χ0) is 44.8. The van der Waals surface area contributed by atoms with E-state index in [1.807, 2.05) is 6.92 Å². The molecule has 0 aromatic heterocycles. The zero-order valence-electron chi connectivity index (χ0n) is 41.4. The first kappa shape index (κ1) is 52.9. The van der Waals surface area contributed by atoms with Gasteiger partial charge in [0.25, 0.3) is 0 Å². The molecule has 0 aromatic carbocycles. The molecule has 0 saturated heterocycles. The number of ketones is 1. The normalized spacial score (nSPS) is 26.9. The summed E-state index contributed by atoms with van der Waals surface area (Å²) >= 11 is 0. The third-order valence-electron chi connectivity index (χ3n) is 16.3. The summed E-state index contributed by atoms with van der Waals surface area (Å²) in [7, 11) is 4.14. The first-order valence-corrected chi connectivity index (χ1v) is 26.5. The lowest BCUT2D eigenvalue weighted by molar-refractivity contribution is -0.152. The van der Waals surface area contributed by atoms with Crippen LogP contribution in [-0.2, 0) is 28.6 Å². The highest BCUT2D eigenvalue weighted by Gasteiger charge is 2.59. The molecule has 0 heterocycles. The highest BCUT2D eigenvalue weighted by Crippen LogP contribution is 2.66. The molecule has 7 unspecified atom stereocenters. The first-order valence-electron chi connectivity index (χ1n) is 26.5. The zero-order valence-corrected chi connectivity index (χ0v) is 41.4. The Hall–Kier alpha value is -1.77. The molecule has 4 rings (SSSR count). The molecule has 4 aliphatic rings. The van der Waals surface area contributed by atoms with Crippen LogP contribution in [0.5, 0.6) is 0 Å². The Balaban J connectivity index is 1.12. The van der Waals surface area contributed by atoms with Gasteiger partial charge in [0, 0.05) is 58.0 Å². The molecule has 0 spiro atoms. The number of ether oxygens (including phenoxy) is 3. The molecule has 4 aliphatic carbocycles. The maximum absolute atomic E-state index is 13.5. The third kappa shape index (κ3) is 16.6. The van der Waals surface area contributed by atoms with Crippen molar-refractivity contribution >= 4 is 17.7 Å². The predicted octanol–water partition coefficient (Wildman–Crippen LogP) is 13.0. The molecule has 0 aromatic rings. The smallest absolute Gasteiger partial charge is 0.306 e. The van der Waals surface area contributed by atoms with Crippen LogP contribution in [0.25, 0.3) is 0 Å². The minimum absolute atomic E-state index is 0.00165. The van der Waals surface area contributed by atoms with Gasteiger partial charge in [0.15, 0.2) is 6.29 Å². The summed E-state index contributed by atoms with van der Waals surface area (Å²) in [5.41, 5.74) is 1.92. The van der Waals surface area contributed by atoms with Crippen molar-refractivity contribution in [3.05, 3.63) is 11.6 Å². The molecule has 62 heavy (non-hydrogen) atoms. The second-order valence-electron chi connectivity index (χ2n) is 21.2. The quantitative estimate of drug-likeness (QED) is 0.0281. The molecule has 358 valence electrons. The molecule has 0 bridgehead atoms. The largest absolute Gasteiger partial charge is 0.462 e. The number of nitrogens with zero attached hydrogens (tertiary/aromatic N) is 2. The summed E-state index contributed by atoms with van der Waals surface area (Å²) in [6, 6.07) is 0. The van der Waals surface area contributed by atoms with Gasteiger partial charge in [0.05, 0.1) is 0 Å². The molecule has 8 nitrogen and oxygen atoms in total. The van der Waals surface area contributed by atoms with Crippen molar-refractivity contribution in [2.75, 3.05) is 46.9 Å². The van der Waals surface area contributed by atoms with Crippen LogP contribution in [0.2, 0.25) is 0 Å². The van der Waals surface area contributed by atoms with Gasteiger partial charge in [-0.15, -0.1) is 0 Å². The Labute approximate surface area is 381 Å². The van der Waals surface area contributed by atoms with Gasteiger partial charge in [-0.05, 0) is 139 Å². The lowest BCUT2D eigenvalue weighted by Crippen LogP contribution is -2.51. The SMILES string of the molecule is CCCCCCCCOC(CCCCC(=O)N(CCCCCCC(=O)OC1CCC2(C)C(=CCC3C2CCC2(C)C(C(C)=O)CCC32)C1)CCN(C)C)OCCCCCCCC. The molecule has 3 fully saturated rings. The van der Waals surface area contributed by atoms with Crippen LogP contribution < -0.4 is 0 Å². The number of hydrogen-bond donors (Lipinski definition) is 0. The third-order valence-corrected chi connectivity index (χ3v) is 16.3. The van der Waals surface area contributed by atoms with E-state index in [9.17, 15) is 14.4 Å². The Kier molecular flexibility index (Phi) is 24.1. The molecule has 0 aliphatic heterocycles. The Morgan fingerprint density at radius 2 is 1.32 bits per heavy atom. The highest BCUT2D eigenvalue weighted by molar-refractivity contribution is 5.79. The molecule has 1 amide bonds. The van der Waals surface area contributed by atoms with E-state index in [4.69, 9.17) is 14.2 Å². The average molecular weight is 869 g/mol. The van der Waals surface area contributed by atoms with Crippen molar-refractivity contribution < 1.29 is 28.6 Å². The summed E-state index contributed by atoms with van der Waals surface area (Å²) < 4.78 is 18.6. The van der Waals surface area contributed by atoms with E-state index >= 15 is 0 Å². The number of Topliss-reactive ketones (excluding diaryl/α,β-unsaturated/α-hetero) is 1. The highest BCUT2D eigenvalue weighted by atomic mass is 16.7. The van der Waals surface area contributed by atoms with Gasteiger partial charge in [-0.3, -0.25) is 14.4 Å². The summed E-state index contributed by atoms with van der Waals surface area (Å²) in [4.78, 5) is 43.3. The van der Waals surface area contributed by atoms with E-state index in [1.54, 1.807) is 0 Å². The van der Waals surface area contributed by atoms with Crippen LogP contribution in [0.1, 0.15) is 221 Å². The number of carbonyl (C=O) groups excluding carboxylic acids is 3. The first-order chi connectivity index (χ1) is 29.9. The van der Waals surface area contributed by atoms with E-state index in [-0.39, 0.29) is 41.0 Å². The monoisotopic (exact) mass is 869 g/mol. The van der Waals surface area contributed by atoms with E-state index in [0.717, 1.165) is 123 Å². The number of rotatable bonds is 33. The van der Waals surface area contributed by atoms with Crippen molar-refractivity contribution in [2.45, 2.75) is 233 Å². The standard InChI is InChI=1S/C54H96N2O6/c1-8-10-12-14-18-24-40-60-52(61-41-25-19-15-13-11-9-2)28-22-21-26-50(58)56(39-38-55(6)7)37-23-17-16-20-27-51(59)62-45-33-35-53(4)44(42-45)29-30-46-48-32-31-47(43(3)57)54(48,5)36-34-49(46)53/h29,45-49,52H,8-28,30-42H2,1-7H3. The topological polar surface area (TPSA) is 85.4 Å². The van der Waals surface area contributed by atoms with Crippen molar-refractivity contribution in [3.63, 3.8) is 0 Å². The molecule has 0 radical (unpaired) electrons. The number of hydrogen-bond acceptors (Lipinski definition) is 7. The van der Waals surface area contributed by atoms with Gasteiger partial charge in [-0.1, -0.05) is 116 Å². The number of fused-ring (bicyclic) bond motifs is 5. The van der Waals surface area contributed by atoms with Crippen LogP contribution in [0.15, 0.2) is 11.6 Å². The summed E-state index contributed by atoms with van der Waals surface area (Å²) in [6.07, 6.45) is 33.6. The number of carbonyl (C=O) groups is 3. The number of allylic oxidation sites excluding steroid dienone is 1. The summed E-state index contributed by atoms with van der Waals surface area (Å²) in [5.74, 6) is 2.89. The van der Waals surface area contributed by atoms with Gasteiger partial charge < -0.3 is 24.0 Å². The van der Waals surface area contributed by atoms with E-state index in [1.165, 1.54) is 89.0 Å². The van der Waals surface area contributed by atoms with Crippen LogP contribution >= 0.6 is 0 Å². The van der Waals surface area contributed by atoms with Gasteiger partial charge in [0.2, 0.25) is 5.91 Å². The molecular weight excluding hydrogens is 773 g/mol. The van der Waals surface area contributed by atoms with Crippen LogP contribution in [-0.4, -0.2) is 86.8 Å². The summed E-state index contributed by atoms with van der Waals surface area (Å²) in [6.45, 7) is 15.2. The molecule has 8 heteroatoms. The maximum Gasteiger partial charge on any atom is 0.306 e. The predicted molar refractivity (Wildman–Crippen MR) is 255 cm³/mol. The van der Waals surface area contributed by atoms with Gasteiger partial charge in [0.1, 0.15) is 11.9 Å². The second-order valence-corrected chi connectivity index (χ2v) is 21.2. The van der Waals surface area contributed by atoms with Crippen LogP contribution in [0.4, 0.5) is 0 Å². The fourth-order valence-electron chi connectivity index (χ4n) is 12.4. The lowest BCUT2D eigenvalue weighted by Gasteiger charge is -2.58. The molecule has 3 saturated carbocycles. The van der Waals surface area contributed by atoms with E-state index < -0.39 is 0 Å². The number of esters is 1. The van der Waals surface area contributed by atoms with Gasteiger partial charge in [-0.2, -0.15) is 0 Å². The van der Waals surface area contributed by atoms with Crippen LogP contribution in [0, 0.1) is 34.5 Å². The Bertz CT molecular complexity index is 1320. The molecule has 7 atom stereocenters. The second kappa shape index (κ2) is 28.3. The van der Waals surface area contributed by atoms with Crippen molar-refractivity contribution in [2.24, 2.45) is 34.5 Å². The van der Waals surface area contributed by atoms with Crippen molar-refractivity contribution in [1.29, 1.82) is 0 Å². The minimum atomic E-state index is -0.163. The minimum Gasteiger partial charge on any atom is -0.462 e. The van der Waals surface area contributed by atoms with Crippen LogP contribution in [0.3, 0.4) is 0 Å². The average Bonchev–Trinajstić information content (AvgIpc) is 3.61. The molecular formula is C54H96N2O6. The number of amides is 1. The molecule has 0 N–H and O–H groups in total. The van der Waals surface area contributed by atoms with E-state index in [2.05, 4.69) is 57.7 Å². The van der Waals surface area contributed by atoms with Gasteiger partial charge >= 0.3 is 5.97 Å². The van der Waals surface area contributed by atoms with Crippen molar-refractivity contribution in [1.82, 2.24) is 9.80 Å². The van der Waals surface area contributed by atoms with Crippen molar-refractivity contribution in [3.8, 4) is 0 Å². The van der Waals surface area contributed by atoms with E-state index in [0.29, 0.717) is 36.4 Å². The fraction of sp³-hybridized carbons (Fsp3) is 0.907. The Morgan fingerprint density at radius 1 is 0.694 bits per heavy atom. The number of likely N-dealkylation sites (N-methyl/N-ethyl adjacent to an activating group) is 1. The maximum atomic E-state index is 13.5. The lowest BCUT2D eigenvalue weighted by atomic mass is 9.47. The van der Waals surface area contributed by atoms with Gasteiger partial charge in [-0.25, -0.2) is 0 Å².